The van der Waals surface area contributed by atoms with Crippen LogP contribution in [0.3, 0.4) is 0 Å². The number of hydrogen-bond donors (Lipinski definition) is 1. The molecule has 1 N–H and O–H groups in total. The van der Waals surface area contributed by atoms with Gasteiger partial charge in [-0.15, -0.1) is 13.2 Å². The minimum absolute atomic E-state index is 0.164. The third-order valence-electron chi connectivity index (χ3n) is 1.81. The second kappa shape index (κ2) is 5.51. The summed E-state index contributed by atoms with van der Waals surface area (Å²) in [5, 5.41) is 8.31. The van der Waals surface area contributed by atoms with Gasteiger partial charge in [-0.3, -0.25) is 9.78 Å². The molecule has 0 unspecified atom stereocenters. The van der Waals surface area contributed by atoms with E-state index in [1.165, 1.54) is 0 Å². The lowest BCUT2D eigenvalue weighted by Gasteiger charge is -2.13. The molecule has 0 aliphatic carbocycles. The number of hydrogen-bond acceptors (Lipinski definition) is 3. The summed E-state index contributed by atoms with van der Waals surface area (Å²) in [4.78, 5) is 13.9. The van der Waals surface area contributed by atoms with Crippen molar-refractivity contribution in [1.82, 2.24) is 4.98 Å². The summed E-state index contributed by atoms with van der Waals surface area (Å²) in [5.74, 6) is -3.88. The van der Waals surface area contributed by atoms with Gasteiger partial charge in [0.05, 0.1) is 12.1 Å². The molecule has 1 aromatic rings. The molecular formula is C9H6BrF4NO3. The van der Waals surface area contributed by atoms with Crippen LogP contribution in [0.25, 0.3) is 0 Å². The van der Waals surface area contributed by atoms with Crippen molar-refractivity contribution in [3.05, 3.63) is 23.3 Å². The van der Waals surface area contributed by atoms with Gasteiger partial charge in [-0.25, -0.2) is 4.39 Å². The van der Waals surface area contributed by atoms with Crippen LogP contribution in [0.5, 0.6) is 5.75 Å². The first kappa shape index (κ1) is 14.7. The predicted molar refractivity (Wildman–Crippen MR) is 54.8 cm³/mol. The van der Waals surface area contributed by atoms with Gasteiger partial charge < -0.3 is 9.84 Å². The lowest BCUT2D eigenvalue weighted by atomic mass is 10.1. The minimum atomic E-state index is -5.08. The fraction of sp³-hybridized carbons (Fsp3) is 0.333. The monoisotopic (exact) mass is 331 g/mol. The number of aromatic nitrogens is 1. The zero-order chi connectivity index (χ0) is 13.9. The Bertz CT molecular complexity index is 464. The predicted octanol–water partition coefficient (Wildman–Crippen LogP) is 2.64. The van der Waals surface area contributed by atoms with Crippen molar-refractivity contribution in [2.45, 2.75) is 18.1 Å². The van der Waals surface area contributed by atoms with Gasteiger partial charge in [-0.1, -0.05) is 15.9 Å². The Morgan fingerprint density at radius 3 is 2.56 bits per heavy atom. The highest BCUT2D eigenvalue weighted by molar-refractivity contribution is 9.08. The maximum absolute atomic E-state index is 13.7. The highest BCUT2D eigenvalue weighted by Gasteiger charge is 2.34. The molecule has 1 aromatic heterocycles. The summed E-state index contributed by atoms with van der Waals surface area (Å²) < 4.78 is 53.4. The molecule has 0 fully saturated rings. The molecular weight excluding hydrogens is 326 g/mol. The van der Waals surface area contributed by atoms with Crippen molar-refractivity contribution >= 4 is 21.9 Å². The van der Waals surface area contributed by atoms with Gasteiger partial charge in [-0.2, -0.15) is 0 Å². The summed E-state index contributed by atoms with van der Waals surface area (Å²) in [6, 6.07) is 0. The Morgan fingerprint density at radius 1 is 1.50 bits per heavy atom. The molecule has 0 bridgehead atoms. The normalized spacial score (nSPS) is 11.4. The summed E-state index contributed by atoms with van der Waals surface area (Å²) in [5.41, 5.74) is -0.787. The van der Waals surface area contributed by atoms with Crippen molar-refractivity contribution in [1.29, 1.82) is 0 Å². The second-order valence-electron chi connectivity index (χ2n) is 3.13. The number of aliphatic carboxylic acids is 1. The van der Waals surface area contributed by atoms with E-state index in [-0.39, 0.29) is 11.0 Å². The average Bonchev–Trinajstić information content (AvgIpc) is 2.22. The second-order valence-corrected chi connectivity index (χ2v) is 3.69. The summed E-state index contributed by atoms with van der Waals surface area (Å²) >= 11 is 2.83. The maximum Gasteiger partial charge on any atom is 0.573 e. The Labute approximate surface area is 107 Å². The average molecular weight is 332 g/mol. The Kier molecular flexibility index (Phi) is 4.49. The molecule has 0 aromatic carbocycles. The van der Waals surface area contributed by atoms with Crippen LogP contribution in [0, 0.1) is 5.82 Å². The molecule has 0 atom stereocenters. The van der Waals surface area contributed by atoms with E-state index in [2.05, 4.69) is 25.7 Å². The Hall–Kier alpha value is -1.38. The van der Waals surface area contributed by atoms with E-state index < -0.39 is 35.9 Å². The van der Waals surface area contributed by atoms with E-state index in [1.54, 1.807) is 0 Å². The lowest BCUT2D eigenvalue weighted by molar-refractivity contribution is -0.276. The van der Waals surface area contributed by atoms with Crippen LogP contribution in [0.1, 0.15) is 11.3 Å². The molecule has 0 amide bonds. The molecule has 18 heavy (non-hydrogen) atoms. The van der Waals surface area contributed by atoms with Crippen LogP contribution in [0.2, 0.25) is 0 Å². The van der Waals surface area contributed by atoms with Crippen LogP contribution >= 0.6 is 15.9 Å². The smallest absolute Gasteiger partial charge is 0.481 e. The largest absolute Gasteiger partial charge is 0.573 e. The minimum Gasteiger partial charge on any atom is -0.481 e. The Balaban J connectivity index is 3.22. The quantitative estimate of drug-likeness (QED) is 0.680. The summed E-state index contributed by atoms with van der Waals surface area (Å²) in [6.45, 7) is 0. The van der Waals surface area contributed by atoms with Gasteiger partial charge >= 0.3 is 12.3 Å². The third kappa shape index (κ3) is 3.83. The van der Waals surface area contributed by atoms with Gasteiger partial charge in [-0.05, 0) is 0 Å². The first-order valence-corrected chi connectivity index (χ1v) is 5.56. The number of carbonyl (C=O) groups is 1. The fourth-order valence-electron chi connectivity index (χ4n) is 1.14. The highest BCUT2D eigenvalue weighted by Crippen LogP contribution is 2.31. The molecule has 0 aliphatic heterocycles. The molecule has 1 rings (SSSR count). The zero-order valence-electron chi connectivity index (χ0n) is 8.59. The fourth-order valence-corrected chi connectivity index (χ4v) is 1.54. The van der Waals surface area contributed by atoms with Crippen LogP contribution in [-0.4, -0.2) is 22.4 Å². The zero-order valence-corrected chi connectivity index (χ0v) is 10.2. The van der Waals surface area contributed by atoms with E-state index >= 15 is 0 Å². The van der Waals surface area contributed by atoms with Crippen molar-refractivity contribution < 1.29 is 32.2 Å². The standard InChI is InChI=1S/C9H6BrF4NO3/c10-2-5-8(18-9(12,13)14)7(11)4(3-15-5)1-6(16)17/h3H,1-2H2,(H,16,17). The number of ether oxygens (including phenoxy) is 1. The summed E-state index contributed by atoms with van der Waals surface area (Å²) in [7, 11) is 0. The van der Waals surface area contributed by atoms with Crippen molar-refractivity contribution in [3.8, 4) is 5.75 Å². The first-order valence-electron chi connectivity index (χ1n) is 4.44. The van der Waals surface area contributed by atoms with E-state index in [4.69, 9.17) is 5.11 Å². The van der Waals surface area contributed by atoms with E-state index in [9.17, 15) is 22.4 Å². The first-order chi connectivity index (χ1) is 8.24. The molecule has 1 heterocycles. The molecule has 0 aliphatic rings. The van der Waals surface area contributed by atoms with Crippen LogP contribution in [0.4, 0.5) is 17.6 Å². The molecule has 100 valence electrons. The van der Waals surface area contributed by atoms with Gasteiger partial charge in [0.25, 0.3) is 0 Å². The van der Waals surface area contributed by atoms with Crippen LogP contribution in [0.15, 0.2) is 6.20 Å². The number of carboxylic acids is 1. The van der Waals surface area contributed by atoms with Crippen LogP contribution < -0.4 is 4.74 Å². The Morgan fingerprint density at radius 2 is 2.11 bits per heavy atom. The van der Waals surface area contributed by atoms with Crippen molar-refractivity contribution in [3.63, 3.8) is 0 Å². The van der Waals surface area contributed by atoms with Gasteiger partial charge in [0.2, 0.25) is 0 Å². The SMILES string of the molecule is O=C(O)Cc1cnc(CBr)c(OC(F)(F)F)c1F. The summed E-state index contributed by atoms with van der Waals surface area (Å²) in [6.07, 6.45) is -5.00. The highest BCUT2D eigenvalue weighted by atomic mass is 79.9. The van der Waals surface area contributed by atoms with E-state index in [0.29, 0.717) is 0 Å². The number of pyridine rings is 1. The van der Waals surface area contributed by atoms with E-state index in [1.807, 2.05) is 0 Å². The van der Waals surface area contributed by atoms with Gasteiger partial charge in [0.1, 0.15) is 0 Å². The number of alkyl halides is 4. The third-order valence-corrected chi connectivity index (χ3v) is 2.34. The lowest BCUT2D eigenvalue weighted by Crippen LogP contribution is -2.20. The number of nitrogens with zero attached hydrogens (tertiary/aromatic N) is 1. The maximum atomic E-state index is 13.7. The number of rotatable bonds is 4. The van der Waals surface area contributed by atoms with Crippen molar-refractivity contribution in [2.24, 2.45) is 0 Å². The topological polar surface area (TPSA) is 59.4 Å². The van der Waals surface area contributed by atoms with Crippen molar-refractivity contribution in [2.75, 3.05) is 0 Å². The molecule has 0 radical (unpaired) electrons. The number of halogens is 5. The molecule has 0 spiro atoms. The van der Waals surface area contributed by atoms with Crippen LogP contribution in [-0.2, 0) is 16.5 Å². The molecule has 9 heteroatoms. The molecule has 4 nitrogen and oxygen atoms in total. The number of carboxylic acid groups (broad SMARTS) is 1. The van der Waals surface area contributed by atoms with Gasteiger partial charge in [0, 0.05) is 17.1 Å². The molecule has 0 saturated carbocycles. The molecule has 0 saturated heterocycles. The van der Waals surface area contributed by atoms with E-state index in [0.717, 1.165) is 6.20 Å². The van der Waals surface area contributed by atoms with Gasteiger partial charge in [0.15, 0.2) is 11.6 Å².